The molecule has 6 heteroatoms. The van der Waals surface area contributed by atoms with Gasteiger partial charge in [-0.05, 0) is 33.6 Å². The summed E-state index contributed by atoms with van der Waals surface area (Å²) in [5, 5.41) is 8.89. The molecule has 2 aromatic rings. The average molecular weight is 307 g/mol. The third-order valence-electron chi connectivity index (χ3n) is 1.88. The van der Waals surface area contributed by atoms with E-state index in [0.717, 1.165) is 5.56 Å². The summed E-state index contributed by atoms with van der Waals surface area (Å²) in [7, 11) is 0. The van der Waals surface area contributed by atoms with Gasteiger partial charge in [-0.3, -0.25) is 0 Å². The number of hydrogen-bond acceptors (Lipinski definition) is 2. The van der Waals surface area contributed by atoms with Crippen LogP contribution in [0.1, 0.15) is 5.56 Å². The van der Waals surface area contributed by atoms with Crippen LogP contribution in [0.5, 0.6) is 0 Å². The summed E-state index contributed by atoms with van der Waals surface area (Å²) in [4.78, 5) is 0. The smallest absolute Gasteiger partial charge is 0.167 e. The van der Waals surface area contributed by atoms with Gasteiger partial charge in [0.05, 0.1) is 6.54 Å². The van der Waals surface area contributed by atoms with Gasteiger partial charge in [-0.15, -0.1) is 5.10 Å². The Kier molecular flexibility index (Phi) is 3.29. The molecule has 1 aromatic carbocycles. The number of nitrogens with zero attached hydrogens (tertiary/aromatic N) is 3. The molecule has 0 fully saturated rings. The Morgan fingerprint density at radius 3 is 2.40 bits per heavy atom. The summed E-state index contributed by atoms with van der Waals surface area (Å²) in [6.45, 7) is 0.578. The molecule has 78 valence electrons. The van der Waals surface area contributed by atoms with Gasteiger partial charge in [0, 0.05) is 5.02 Å². The lowest BCUT2D eigenvalue weighted by molar-refractivity contribution is 0.650. The van der Waals surface area contributed by atoms with Crippen molar-refractivity contribution < 1.29 is 0 Å². The molecule has 0 aliphatic heterocycles. The van der Waals surface area contributed by atoms with Crippen LogP contribution in [-0.4, -0.2) is 15.0 Å². The first-order valence-electron chi connectivity index (χ1n) is 4.16. The number of benzene rings is 1. The van der Waals surface area contributed by atoms with Crippen LogP contribution in [0.2, 0.25) is 10.2 Å². The van der Waals surface area contributed by atoms with Crippen LogP contribution in [0.15, 0.2) is 28.9 Å². The lowest BCUT2D eigenvalue weighted by Gasteiger charge is -2.01. The molecule has 0 saturated heterocycles. The molecule has 0 bridgehead atoms. The lowest BCUT2D eigenvalue weighted by Crippen LogP contribution is -2.01. The van der Waals surface area contributed by atoms with Gasteiger partial charge in [0.2, 0.25) is 0 Å². The van der Waals surface area contributed by atoms with Crippen molar-refractivity contribution >= 4 is 39.1 Å². The van der Waals surface area contributed by atoms with Crippen molar-refractivity contribution in [3.8, 4) is 0 Å². The summed E-state index contributed by atoms with van der Waals surface area (Å²) in [6.07, 6.45) is 0. The number of rotatable bonds is 2. The highest BCUT2D eigenvalue weighted by atomic mass is 79.9. The van der Waals surface area contributed by atoms with E-state index >= 15 is 0 Å². The van der Waals surface area contributed by atoms with Crippen molar-refractivity contribution in [2.45, 2.75) is 6.54 Å². The number of halogens is 3. The van der Waals surface area contributed by atoms with Gasteiger partial charge in [0.15, 0.2) is 9.76 Å². The predicted molar refractivity (Wildman–Crippen MR) is 63.3 cm³/mol. The molecule has 2 rings (SSSR count). The minimum absolute atomic E-state index is 0.491. The van der Waals surface area contributed by atoms with Crippen LogP contribution in [0.3, 0.4) is 0 Å². The molecule has 0 N–H and O–H groups in total. The van der Waals surface area contributed by atoms with Crippen LogP contribution in [0, 0.1) is 0 Å². The normalized spacial score (nSPS) is 10.6. The third kappa shape index (κ3) is 2.51. The topological polar surface area (TPSA) is 30.7 Å². The Bertz CT molecular complexity index is 467. The van der Waals surface area contributed by atoms with E-state index in [0.29, 0.717) is 21.3 Å². The summed E-state index contributed by atoms with van der Waals surface area (Å²) in [5.41, 5.74) is 1.07. The fourth-order valence-electron chi connectivity index (χ4n) is 1.14. The molecule has 0 saturated carbocycles. The molecular weight excluding hydrogens is 301 g/mol. The third-order valence-corrected chi connectivity index (χ3v) is 3.27. The monoisotopic (exact) mass is 305 g/mol. The van der Waals surface area contributed by atoms with Gasteiger partial charge >= 0.3 is 0 Å². The van der Waals surface area contributed by atoms with Crippen LogP contribution < -0.4 is 0 Å². The van der Waals surface area contributed by atoms with E-state index in [9.17, 15) is 0 Å². The first-order valence-corrected chi connectivity index (χ1v) is 5.70. The number of hydrogen-bond donors (Lipinski definition) is 0. The Labute approximate surface area is 105 Å². The molecular formula is C9H6BrCl2N3. The van der Waals surface area contributed by atoms with E-state index in [1.54, 1.807) is 4.68 Å². The molecule has 0 aliphatic rings. The maximum atomic E-state index is 5.95. The molecule has 15 heavy (non-hydrogen) atoms. The van der Waals surface area contributed by atoms with Crippen molar-refractivity contribution in [2.24, 2.45) is 0 Å². The second-order valence-electron chi connectivity index (χ2n) is 2.96. The SMILES string of the molecule is Clc1ccc(Cn2nnc(Br)c2Cl)cc1. The fraction of sp³-hybridized carbons (Fsp3) is 0.111. The molecule has 0 amide bonds. The van der Waals surface area contributed by atoms with Crippen LogP contribution >= 0.6 is 39.1 Å². The van der Waals surface area contributed by atoms with E-state index < -0.39 is 0 Å². The van der Waals surface area contributed by atoms with Gasteiger partial charge in [-0.1, -0.05) is 40.5 Å². The molecule has 0 atom stereocenters. The van der Waals surface area contributed by atoms with Crippen molar-refractivity contribution in [3.05, 3.63) is 44.6 Å². The molecule has 3 nitrogen and oxygen atoms in total. The summed E-state index contributed by atoms with van der Waals surface area (Å²) < 4.78 is 2.16. The largest absolute Gasteiger partial charge is 0.228 e. The fourth-order valence-corrected chi connectivity index (χ4v) is 1.68. The minimum atomic E-state index is 0.491. The van der Waals surface area contributed by atoms with Gasteiger partial charge in [-0.2, -0.15) is 0 Å². The Morgan fingerprint density at radius 1 is 1.20 bits per heavy atom. The van der Waals surface area contributed by atoms with E-state index in [-0.39, 0.29) is 0 Å². The predicted octanol–water partition coefficient (Wildman–Crippen LogP) is 3.40. The first-order chi connectivity index (χ1) is 7.16. The van der Waals surface area contributed by atoms with E-state index in [1.807, 2.05) is 24.3 Å². The van der Waals surface area contributed by atoms with Crippen molar-refractivity contribution in [3.63, 3.8) is 0 Å². The van der Waals surface area contributed by atoms with Gasteiger partial charge in [-0.25, -0.2) is 4.68 Å². The molecule has 0 spiro atoms. The second kappa shape index (κ2) is 4.51. The highest BCUT2D eigenvalue weighted by molar-refractivity contribution is 9.10. The molecule has 0 radical (unpaired) electrons. The van der Waals surface area contributed by atoms with Crippen molar-refractivity contribution in [1.82, 2.24) is 15.0 Å². The summed E-state index contributed by atoms with van der Waals surface area (Å²) in [5.74, 6) is 0. The van der Waals surface area contributed by atoms with Crippen LogP contribution in [0.4, 0.5) is 0 Å². The van der Waals surface area contributed by atoms with Crippen LogP contribution in [0.25, 0.3) is 0 Å². The first kappa shape index (κ1) is 10.9. The highest BCUT2D eigenvalue weighted by Crippen LogP contribution is 2.19. The lowest BCUT2D eigenvalue weighted by atomic mass is 10.2. The second-order valence-corrected chi connectivity index (χ2v) is 4.50. The molecule has 1 heterocycles. The standard InChI is InChI=1S/C9H6BrCl2N3/c10-8-9(12)15(14-13-8)5-6-1-3-7(11)4-2-6/h1-4H,5H2. The molecule has 1 aromatic heterocycles. The van der Waals surface area contributed by atoms with Crippen LogP contribution in [-0.2, 0) is 6.54 Å². The Morgan fingerprint density at radius 2 is 1.87 bits per heavy atom. The zero-order valence-electron chi connectivity index (χ0n) is 7.49. The van der Waals surface area contributed by atoms with Gasteiger partial charge < -0.3 is 0 Å². The van der Waals surface area contributed by atoms with E-state index in [2.05, 4.69) is 26.2 Å². The Hall–Kier alpha value is -0.580. The van der Waals surface area contributed by atoms with Crippen molar-refractivity contribution in [1.29, 1.82) is 0 Å². The highest BCUT2D eigenvalue weighted by Gasteiger charge is 2.07. The summed E-state index contributed by atoms with van der Waals surface area (Å²) >= 11 is 14.9. The average Bonchev–Trinajstić information content (AvgIpc) is 2.53. The van der Waals surface area contributed by atoms with Gasteiger partial charge in [0.25, 0.3) is 0 Å². The van der Waals surface area contributed by atoms with Gasteiger partial charge in [0.1, 0.15) is 0 Å². The summed E-state index contributed by atoms with van der Waals surface area (Å²) in [6, 6.07) is 7.51. The number of aromatic nitrogens is 3. The Balaban J connectivity index is 2.22. The maximum absolute atomic E-state index is 5.95. The molecule has 0 unspecified atom stereocenters. The van der Waals surface area contributed by atoms with E-state index in [1.165, 1.54) is 0 Å². The zero-order valence-corrected chi connectivity index (χ0v) is 10.6. The quantitative estimate of drug-likeness (QED) is 0.851. The maximum Gasteiger partial charge on any atom is 0.167 e. The zero-order chi connectivity index (χ0) is 10.8. The van der Waals surface area contributed by atoms with E-state index in [4.69, 9.17) is 23.2 Å². The molecule has 0 aliphatic carbocycles. The van der Waals surface area contributed by atoms with Crippen molar-refractivity contribution in [2.75, 3.05) is 0 Å². The minimum Gasteiger partial charge on any atom is -0.228 e.